The number of benzene rings is 2. The third kappa shape index (κ3) is 4.45. The molecule has 0 unspecified atom stereocenters. The van der Waals surface area contributed by atoms with Crippen LogP contribution in [0.25, 0.3) is 11.4 Å². The summed E-state index contributed by atoms with van der Waals surface area (Å²) in [5, 5.41) is 12.6. The Morgan fingerprint density at radius 2 is 1.97 bits per heavy atom. The van der Waals surface area contributed by atoms with Crippen LogP contribution >= 0.6 is 11.8 Å². The van der Waals surface area contributed by atoms with Crippen molar-refractivity contribution < 1.29 is 18.4 Å². The van der Waals surface area contributed by atoms with Crippen molar-refractivity contribution in [3.63, 3.8) is 0 Å². The molecule has 2 aromatic heterocycles. The number of nitrogen functional groups attached to an aromatic ring is 1. The van der Waals surface area contributed by atoms with Gasteiger partial charge in [-0.3, -0.25) is 0 Å². The number of nitrogens with zero attached hydrogens (tertiary/aromatic N) is 5. The monoisotopic (exact) mass is 442 g/mol. The highest BCUT2D eigenvalue weighted by molar-refractivity contribution is 7.98. The third-order valence-electron chi connectivity index (χ3n) is 4.48. The predicted molar refractivity (Wildman–Crippen MR) is 112 cm³/mol. The normalized spacial score (nSPS) is 10.9. The van der Waals surface area contributed by atoms with Crippen molar-refractivity contribution in [3.8, 4) is 22.9 Å². The van der Waals surface area contributed by atoms with E-state index in [9.17, 15) is 4.39 Å². The molecule has 4 rings (SSSR count). The molecule has 2 aromatic carbocycles. The molecule has 0 bridgehead atoms. The zero-order valence-electron chi connectivity index (χ0n) is 16.8. The van der Waals surface area contributed by atoms with Crippen LogP contribution in [0, 0.1) is 5.82 Å². The molecule has 0 spiro atoms. The van der Waals surface area contributed by atoms with Crippen LogP contribution in [0.5, 0.6) is 11.5 Å². The molecule has 0 amide bonds. The fourth-order valence-electron chi connectivity index (χ4n) is 2.87. The van der Waals surface area contributed by atoms with E-state index in [0.717, 1.165) is 0 Å². The summed E-state index contributed by atoms with van der Waals surface area (Å²) in [4.78, 5) is 4.41. The second-order valence-electron chi connectivity index (χ2n) is 6.40. The molecule has 0 aliphatic rings. The zero-order chi connectivity index (χ0) is 21.8. The van der Waals surface area contributed by atoms with Crippen LogP contribution in [0.15, 0.2) is 52.1 Å². The molecule has 0 saturated heterocycles. The van der Waals surface area contributed by atoms with Gasteiger partial charge in [-0.1, -0.05) is 35.1 Å². The minimum atomic E-state index is -0.313. The van der Waals surface area contributed by atoms with Gasteiger partial charge in [0.05, 0.1) is 25.5 Å². The van der Waals surface area contributed by atoms with Crippen LogP contribution in [0.3, 0.4) is 0 Å². The minimum absolute atomic E-state index is 0.235. The number of aromatic nitrogens is 5. The first-order chi connectivity index (χ1) is 15.1. The molecule has 160 valence electrons. The number of methoxy groups -OCH3 is 2. The molecule has 0 aliphatic heterocycles. The van der Waals surface area contributed by atoms with Crippen LogP contribution in [0.4, 0.5) is 4.39 Å². The molecule has 4 aromatic rings. The molecule has 31 heavy (non-hydrogen) atoms. The summed E-state index contributed by atoms with van der Waals surface area (Å²) in [7, 11) is 3.14. The Hall–Kier alpha value is -3.60. The van der Waals surface area contributed by atoms with E-state index in [-0.39, 0.29) is 12.2 Å². The van der Waals surface area contributed by atoms with E-state index in [4.69, 9.17) is 19.8 Å². The number of ether oxygens (including phenoxy) is 2. The maximum atomic E-state index is 13.9. The van der Waals surface area contributed by atoms with Crippen LogP contribution in [-0.4, -0.2) is 39.2 Å². The van der Waals surface area contributed by atoms with Crippen LogP contribution in [0.1, 0.15) is 17.3 Å². The summed E-state index contributed by atoms with van der Waals surface area (Å²) in [5.74, 6) is 8.55. The van der Waals surface area contributed by atoms with Gasteiger partial charge in [0.15, 0.2) is 5.82 Å². The molecule has 0 radical (unpaired) electrons. The quantitative estimate of drug-likeness (QED) is 0.325. The smallest absolute Gasteiger partial charge is 0.237 e. The van der Waals surface area contributed by atoms with Gasteiger partial charge in [0.2, 0.25) is 16.9 Å². The van der Waals surface area contributed by atoms with E-state index in [1.165, 1.54) is 22.5 Å². The maximum absolute atomic E-state index is 13.9. The van der Waals surface area contributed by atoms with Crippen molar-refractivity contribution in [3.05, 3.63) is 65.6 Å². The van der Waals surface area contributed by atoms with E-state index in [1.807, 2.05) is 0 Å². The van der Waals surface area contributed by atoms with Gasteiger partial charge in [-0.15, -0.1) is 10.2 Å². The van der Waals surface area contributed by atoms with Gasteiger partial charge in [0, 0.05) is 12.5 Å². The van der Waals surface area contributed by atoms with Crippen molar-refractivity contribution >= 4 is 11.8 Å². The van der Waals surface area contributed by atoms with E-state index in [1.54, 1.807) is 50.6 Å². The van der Waals surface area contributed by atoms with E-state index >= 15 is 0 Å². The largest absolute Gasteiger partial charge is 0.497 e. The Morgan fingerprint density at radius 3 is 2.74 bits per heavy atom. The van der Waals surface area contributed by atoms with Crippen molar-refractivity contribution in [2.45, 2.75) is 17.3 Å². The summed E-state index contributed by atoms with van der Waals surface area (Å²) in [6, 6.07) is 11.8. The lowest BCUT2D eigenvalue weighted by Gasteiger charge is -2.07. The van der Waals surface area contributed by atoms with Gasteiger partial charge in [0.25, 0.3) is 0 Å². The maximum Gasteiger partial charge on any atom is 0.237 e. The number of halogens is 1. The van der Waals surface area contributed by atoms with E-state index in [2.05, 4.69) is 20.3 Å². The lowest BCUT2D eigenvalue weighted by atomic mass is 10.1. The summed E-state index contributed by atoms with van der Waals surface area (Å²) in [6.07, 6.45) is 0.235. The molecule has 0 saturated carbocycles. The average molecular weight is 442 g/mol. The molecule has 0 atom stereocenters. The second kappa shape index (κ2) is 9.04. The van der Waals surface area contributed by atoms with Crippen LogP contribution in [-0.2, 0) is 12.2 Å². The topological polar surface area (TPSA) is 114 Å². The Kier molecular flexibility index (Phi) is 6.03. The van der Waals surface area contributed by atoms with Crippen molar-refractivity contribution in [1.29, 1.82) is 0 Å². The first-order valence-corrected chi connectivity index (χ1v) is 10.2. The second-order valence-corrected chi connectivity index (χ2v) is 7.35. The first kappa shape index (κ1) is 20.7. The number of rotatable bonds is 8. The molecule has 9 nitrogen and oxygen atoms in total. The molecule has 0 fully saturated rings. The molecular formula is C20H19FN6O3S. The Morgan fingerprint density at radius 1 is 1.13 bits per heavy atom. The third-order valence-corrected chi connectivity index (χ3v) is 5.41. The SMILES string of the molecule is COc1ccc(-c2noc(CSc3nnc(Cc4ccccc4F)n3N)n2)c(OC)c1. The van der Waals surface area contributed by atoms with Gasteiger partial charge < -0.3 is 19.8 Å². The van der Waals surface area contributed by atoms with E-state index < -0.39 is 0 Å². The van der Waals surface area contributed by atoms with Gasteiger partial charge in [-0.25, -0.2) is 9.07 Å². The van der Waals surface area contributed by atoms with Gasteiger partial charge in [-0.2, -0.15) is 4.98 Å². The Bertz CT molecular complexity index is 1200. The standard InChI is InChI=1S/C20H19FN6O3S/c1-28-13-7-8-14(16(10-13)29-2)19-23-18(30-26-19)11-31-20-25-24-17(27(20)22)9-12-5-3-4-6-15(12)21/h3-8,10H,9,11,22H2,1-2H3. The van der Waals surface area contributed by atoms with Crippen molar-refractivity contribution in [2.75, 3.05) is 20.1 Å². The summed E-state index contributed by atoms with van der Waals surface area (Å²) in [5.41, 5.74) is 1.17. The lowest BCUT2D eigenvalue weighted by Crippen LogP contribution is -2.14. The van der Waals surface area contributed by atoms with Crippen molar-refractivity contribution in [1.82, 2.24) is 25.0 Å². The number of thioether (sulfide) groups is 1. The van der Waals surface area contributed by atoms with Gasteiger partial charge in [0.1, 0.15) is 17.3 Å². The first-order valence-electron chi connectivity index (χ1n) is 9.19. The van der Waals surface area contributed by atoms with Gasteiger partial charge in [-0.05, 0) is 23.8 Å². The molecular weight excluding hydrogens is 423 g/mol. The summed E-state index contributed by atoms with van der Waals surface area (Å²) >= 11 is 1.28. The predicted octanol–water partition coefficient (Wildman–Crippen LogP) is 3.08. The van der Waals surface area contributed by atoms with Gasteiger partial charge >= 0.3 is 0 Å². The zero-order valence-corrected chi connectivity index (χ0v) is 17.6. The Balaban J connectivity index is 1.45. The van der Waals surface area contributed by atoms with E-state index in [0.29, 0.717) is 51.1 Å². The number of hydrogen-bond donors (Lipinski definition) is 1. The van der Waals surface area contributed by atoms with Crippen LogP contribution < -0.4 is 15.3 Å². The number of hydrogen-bond acceptors (Lipinski definition) is 9. The fraction of sp³-hybridized carbons (Fsp3) is 0.200. The summed E-state index contributed by atoms with van der Waals surface area (Å²) in [6.45, 7) is 0. The lowest BCUT2D eigenvalue weighted by molar-refractivity contribution is 0.388. The number of nitrogens with two attached hydrogens (primary N) is 1. The van der Waals surface area contributed by atoms with Crippen molar-refractivity contribution in [2.24, 2.45) is 0 Å². The average Bonchev–Trinajstić information content (AvgIpc) is 3.40. The fourth-order valence-corrected chi connectivity index (χ4v) is 3.58. The highest BCUT2D eigenvalue weighted by Crippen LogP contribution is 2.32. The molecule has 2 N–H and O–H groups in total. The Labute approximate surface area is 181 Å². The molecule has 0 aliphatic carbocycles. The molecule has 11 heteroatoms. The highest BCUT2D eigenvalue weighted by atomic mass is 32.2. The van der Waals surface area contributed by atoms with Crippen LogP contribution in [0.2, 0.25) is 0 Å². The minimum Gasteiger partial charge on any atom is -0.497 e. The summed E-state index contributed by atoms with van der Waals surface area (Å²) < 4.78 is 31.1. The molecule has 2 heterocycles. The highest BCUT2D eigenvalue weighted by Gasteiger charge is 2.17.